The summed E-state index contributed by atoms with van der Waals surface area (Å²) in [5, 5.41) is 39.0. The molecule has 3 atom stereocenters. The van der Waals surface area contributed by atoms with Gasteiger partial charge in [-0.1, -0.05) is 12.2 Å². The molecule has 2 aromatic heterocycles. The Balaban J connectivity index is 1.64. The number of carbonyl (C=O) groups is 1. The normalized spacial score (nSPS) is 20.0. The first-order valence-electron chi connectivity index (χ1n) is 9.33. The minimum Gasteiger partial charge on any atom is -0.388 e. The van der Waals surface area contributed by atoms with E-state index in [-0.39, 0.29) is 29.3 Å². The van der Waals surface area contributed by atoms with Gasteiger partial charge in [0.05, 0.1) is 23.1 Å². The van der Waals surface area contributed by atoms with Crippen molar-refractivity contribution in [3.05, 3.63) is 59.3 Å². The first kappa shape index (κ1) is 20.4. The van der Waals surface area contributed by atoms with Crippen LogP contribution in [0.25, 0.3) is 11.0 Å². The zero-order valence-corrected chi connectivity index (χ0v) is 16.3. The van der Waals surface area contributed by atoms with Gasteiger partial charge >= 0.3 is 0 Å². The molecule has 3 aromatic rings. The van der Waals surface area contributed by atoms with Crippen LogP contribution < -0.4 is 5.32 Å². The van der Waals surface area contributed by atoms with Gasteiger partial charge in [0.15, 0.2) is 5.65 Å². The van der Waals surface area contributed by atoms with Gasteiger partial charge in [0.1, 0.15) is 35.9 Å². The van der Waals surface area contributed by atoms with E-state index in [1.165, 1.54) is 42.6 Å². The number of H-pyrrole nitrogens is 1. The van der Waals surface area contributed by atoms with Gasteiger partial charge in [0.2, 0.25) is 0 Å². The molecule has 1 aliphatic carbocycles. The van der Waals surface area contributed by atoms with Crippen molar-refractivity contribution in [2.24, 2.45) is 0 Å². The lowest BCUT2D eigenvalue weighted by Crippen LogP contribution is -2.35. The van der Waals surface area contributed by atoms with Gasteiger partial charge in [-0.2, -0.15) is 10.4 Å². The topological polar surface area (TPSA) is 151 Å². The van der Waals surface area contributed by atoms with Crippen LogP contribution in [0.3, 0.4) is 0 Å². The van der Waals surface area contributed by atoms with E-state index in [0.29, 0.717) is 10.9 Å². The van der Waals surface area contributed by atoms with Crippen LogP contribution in [0.4, 0.5) is 10.2 Å². The van der Waals surface area contributed by atoms with Crippen molar-refractivity contribution in [1.29, 1.82) is 5.26 Å². The number of nitrogens with one attached hydrogen (secondary N) is 2. The first-order valence-corrected chi connectivity index (χ1v) is 9.33. The second-order valence-corrected chi connectivity index (χ2v) is 7.13. The Hall–Kier alpha value is -3.88. The highest BCUT2D eigenvalue weighted by Gasteiger charge is 2.30. The second kappa shape index (κ2) is 8.10. The first-order chi connectivity index (χ1) is 14.9. The highest BCUT2D eigenvalue weighted by molar-refractivity contribution is 6.07. The van der Waals surface area contributed by atoms with Crippen LogP contribution in [0.2, 0.25) is 0 Å². The van der Waals surface area contributed by atoms with E-state index in [4.69, 9.17) is 0 Å². The highest BCUT2D eigenvalue weighted by Crippen LogP contribution is 2.26. The maximum Gasteiger partial charge on any atom is 0.272 e. The van der Waals surface area contributed by atoms with Gasteiger partial charge in [-0.05, 0) is 23.8 Å². The third kappa shape index (κ3) is 3.81. The SMILES string of the molecule is CN(Cc1cc(F)ccc1C#N)C(=O)c1[nH]nc2ncnc(N[C@@H]3C=C[C@@H](O)[C@H]3O)c12. The van der Waals surface area contributed by atoms with E-state index in [2.05, 4.69) is 25.5 Å². The number of fused-ring (bicyclic) bond motifs is 1. The number of nitrogens with zero attached hydrogens (tertiary/aromatic N) is 5. The molecular weight excluding hydrogens is 405 g/mol. The van der Waals surface area contributed by atoms with Crippen molar-refractivity contribution in [3.63, 3.8) is 0 Å². The summed E-state index contributed by atoms with van der Waals surface area (Å²) in [6.45, 7) is -0.00722. The number of aliphatic hydroxyl groups is 2. The molecule has 31 heavy (non-hydrogen) atoms. The van der Waals surface area contributed by atoms with E-state index in [1.54, 1.807) is 6.08 Å². The second-order valence-electron chi connectivity index (χ2n) is 7.13. The average molecular weight is 423 g/mol. The number of benzene rings is 1. The largest absolute Gasteiger partial charge is 0.388 e. The number of hydrogen-bond acceptors (Lipinski definition) is 8. The summed E-state index contributed by atoms with van der Waals surface area (Å²) in [6, 6.07) is 5.12. The van der Waals surface area contributed by atoms with Gasteiger partial charge in [0, 0.05) is 13.6 Å². The van der Waals surface area contributed by atoms with E-state index < -0.39 is 30.0 Å². The third-order valence-corrected chi connectivity index (χ3v) is 5.04. The van der Waals surface area contributed by atoms with Crippen LogP contribution in [-0.2, 0) is 6.54 Å². The average Bonchev–Trinajstić information content (AvgIpc) is 3.33. The Morgan fingerprint density at radius 2 is 2.16 bits per heavy atom. The summed E-state index contributed by atoms with van der Waals surface area (Å²) in [5.74, 6) is -0.732. The van der Waals surface area contributed by atoms with Crippen molar-refractivity contribution < 1.29 is 19.4 Å². The van der Waals surface area contributed by atoms with Gasteiger partial charge in [-0.3, -0.25) is 9.89 Å². The maximum absolute atomic E-state index is 13.6. The Kier molecular flexibility index (Phi) is 5.33. The third-order valence-electron chi connectivity index (χ3n) is 5.04. The van der Waals surface area contributed by atoms with E-state index in [9.17, 15) is 24.7 Å². The Bertz CT molecular complexity index is 1220. The zero-order chi connectivity index (χ0) is 22.1. The summed E-state index contributed by atoms with van der Waals surface area (Å²) in [4.78, 5) is 22.6. The number of anilines is 1. The van der Waals surface area contributed by atoms with Gasteiger partial charge in [0.25, 0.3) is 5.91 Å². The fraction of sp³-hybridized carbons (Fsp3) is 0.250. The number of aromatic amines is 1. The predicted molar refractivity (Wildman–Crippen MR) is 107 cm³/mol. The molecule has 0 radical (unpaired) electrons. The predicted octanol–water partition coefficient (Wildman–Crippen LogP) is 0.708. The summed E-state index contributed by atoms with van der Waals surface area (Å²) < 4.78 is 13.6. The van der Waals surface area contributed by atoms with Crippen LogP contribution in [0.15, 0.2) is 36.7 Å². The van der Waals surface area contributed by atoms with Gasteiger partial charge < -0.3 is 20.4 Å². The number of nitriles is 1. The number of rotatable bonds is 5. The van der Waals surface area contributed by atoms with Crippen LogP contribution in [0.1, 0.15) is 21.6 Å². The number of aliphatic hydroxyl groups excluding tert-OH is 2. The molecule has 0 saturated heterocycles. The summed E-state index contributed by atoms with van der Waals surface area (Å²) in [5.41, 5.74) is 0.953. The molecule has 1 amide bonds. The fourth-order valence-corrected chi connectivity index (χ4v) is 3.41. The summed E-state index contributed by atoms with van der Waals surface area (Å²) in [6.07, 6.45) is 2.24. The van der Waals surface area contributed by atoms with Crippen molar-refractivity contribution >= 4 is 22.8 Å². The molecule has 0 saturated carbocycles. The number of aromatic nitrogens is 4. The summed E-state index contributed by atoms with van der Waals surface area (Å²) in [7, 11) is 1.51. The molecule has 158 valence electrons. The van der Waals surface area contributed by atoms with Crippen molar-refractivity contribution in [2.45, 2.75) is 24.8 Å². The monoisotopic (exact) mass is 423 g/mol. The minimum atomic E-state index is -1.07. The van der Waals surface area contributed by atoms with Crippen LogP contribution in [0.5, 0.6) is 0 Å². The van der Waals surface area contributed by atoms with Crippen molar-refractivity contribution in [2.75, 3.05) is 12.4 Å². The highest BCUT2D eigenvalue weighted by atomic mass is 19.1. The zero-order valence-electron chi connectivity index (χ0n) is 16.3. The molecule has 4 N–H and O–H groups in total. The van der Waals surface area contributed by atoms with Crippen LogP contribution in [0, 0.1) is 17.1 Å². The van der Waals surface area contributed by atoms with Crippen molar-refractivity contribution in [3.8, 4) is 6.07 Å². The smallest absolute Gasteiger partial charge is 0.272 e. The molecule has 0 aliphatic heterocycles. The minimum absolute atomic E-state index is 0.00722. The Labute approximate surface area is 175 Å². The lowest BCUT2D eigenvalue weighted by Gasteiger charge is -2.20. The van der Waals surface area contributed by atoms with Gasteiger partial charge in [-0.15, -0.1) is 0 Å². The van der Waals surface area contributed by atoms with E-state index >= 15 is 0 Å². The fourth-order valence-electron chi connectivity index (χ4n) is 3.41. The van der Waals surface area contributed by atoms with Crippen LogP contribution >= 0.6 is 0 Å². The molecule has 0 unspecified atom stereocenters. The molecule has 10 nitrogen and oxygen atoms in total. The Morgan fingerprint density at radius 1 is 1.35 bits per heavy atom. The molecular formula is C20H18FN7O3. The molecule has 11 heteroatoms. The molecule has 0 spiro atoms. The van der Waals surface area contributed by atoms with Crippen LogP contribution in [-0.4, -0.2) is 66.5 Å². The lowest BCUT2D eigenvalue weighted by molar-refractivity contribution is 0.0552. The quantitative estimate of drug-likeness (QED) is 0.438. The van der Waals surface area contributed by atoms with E-state index in [0.717, 1.165) is 0 Å². The number of amides is 1. The molecule has 2 heterocycles. The standard InChI is InChI=1S/C20H18FN7O3/c1-28(8-11-6-12(21)3-2-10(11)7-22)20(31)16-15-18(23-9-24-19(15)27-26-16)25-13-4-5-14(29)17(13)30/h2-6,9,13-14,17,29-30H,8H2,1H3,(H2,23,24,25,26,27)/t13-,14-,17+/m1/s1. The number of hydrogen-bond donors (Lipinski definition) is 4. The number of carbonyl (C=O) groups excluding carboxylic acids is 1. The van der Waals surface area contributed by atoms with Gasteiger partial charge in [-0.25, -0.2) is 14.4 Å². The Morgan fingerprint density at radius 3 is 2.87 bits per heavy atom. The number of halogens is 1. The van der Waals surface area contributed by atoms with E-state index in [1.807, 2.05) is 6.07 Å². The molecule has 0 bridgehead atoms. The molecule has 4 rings (SSSR count). The molecule has 0 fully saturated rings. The summed E-state index contributed by atoms with van der Waals surface area (Å²) >= 11 is 0. The lowest BCUT2D eigenvalue weighted by atomic mass is 10.1. The molecule has 1 aromatic carbocycles. The van der Waals surface area contributed by atoms with Crippen molar-refractivity contribution in [1.82, 2.24) is 25.1 Å². The molecule has 1 aliphatic rings. The maximum atomic E-state index is 13.6.